The predicted octanol–water partition coefficient (Wildman–Crippen LogP) is 1.86. The van der Waals surface area contributed by atoms with Crippen LogP contribution in [0, 0.1) is 0 Å². The highest BCUT2D eigenvalue weighted by molar-refractivity contribution is 7.89. The van der Waals surface area contributed by atoms with E-state index in [0.29, 0.717) is 18.7 Å². The molecule has 0 saturated carbocycles. The van der Waals surface area contributed by atoms with E-state index in [2.05, 4.69) is 4.72 Å². The number of nitrogens with two attached hydrogens (primary N) is 1. The molecule has 2 rings (SSSR count). The van der Waals surface area contributed by atoms with Crippen molar-refractivity contribution in [1.29, 1.82) is 0 Å². The molecular formula is C13H16N2O3S2. The van der Waals surface area contributed by atoms with Gasteiger partial charge >= 0.3 is 0 Å². The number of methoxy groups -OCH3 is 1. The monoisotopic (exact) mass is 312 g/mol. The SMILES string of the molecule is COc1ccc(N)cc1S(=O)(=O)NCCc1ccsc1. The minimum atomic E-state index is -3.63. The van der Waals surface area contributed by atoms with Crippen molar-refractivity contribution in [2.45, 2.75) is 11.3 Å². The van der Waals surface area contributed by atoms with Crippen LogP contribution in [0.15, 0.2) is 39.9 Å². The Kier molecular flexibility index (Phi) is 4.64. The van der Waals surface area contributed by atoms with E-state index in [-0.39, 0.29) is 10.6 Å². The van der Waals surface area contributed by atoms with E-state index in [1.54, 1.807) is 23.5 Å². The maximum absolute atomic E-state index is 12.2. The van der Waals surface area contributed by atoms with Crippen molar-refractivity contribution in [3.63, 3.8) is 0 Å². The van der Waals surface area contributed by atoms with Gasteiger partial charge in [0.1, 0.15) is 10.6 Å². The van der Waals surface area contributed by atoms with Crippen molar-refractivity contribution in [3.05, 3.63) is 40.6 Å². The van der Waals surface area contributed by atoms with E-state index in [1.165, 1.54) is 13.2 Å². The van der Waals surface area contributed by atoms with Gasteiger partial charge in [-0.2, -0.15) is 11.3 Å². The van der Waals surface area contributed by atoms with Gasteiger partial charge in [-0.15, -0.1) is 0 Å². The molecule has 0 unspecified atom stereocenters. The Morgan fingerprint density at radius 3 is 2.80 bits per heavy atom. The highest BCUT2D eigenvalue weighted by Crippen LogP contribution is 2.25. The van der Waals surface area contributed by atoms with Crippen molar-refractivity contribution in [2.75, 3.05) is 19.4 Å². The molecule has 0 radical (unpaired) electrons. The third-order valence-electron chi connectivity index (χ3n) is 2.76. The van der Waals surface area contributed by atoms with Gasteiger partial charge in [0.2, 0.25) is 10.0 Å². The van der Waals surface area contributed by atoms with Crippen LogP contribution in [-0.4, -0.2) is 22.1 Å². The standard InChI is InChI=1S/C13H16N2O3S2/c1-18-12-3-2-11(14)8-13(12)20(16,17)15-6-4-10-5-7-19-9-10/h2-3,5,7-9,15H,4,6,14H2,1H3. The van der Waals surface area contributed by atoms with Crippen molar-refractivity contribution >= 4 is 27.0 Å². The fourth-order valence-electron chi connectivity index (χ4n) is 1.75. The molecule has 20 heavy (non-hydrogen) atoms. The highest BCUT2D eigenvalue weighted by atomic mass is 32.2. The lowest BCUT2D eigenvalue weighted by Gasteiger charge is -2.11. The highest BCUT2D eigenvalue weighted by Gasteiger charge is 2.19. The van der Waals surface area contributed by atoms with Crippen LogP contribution >= 0.6 is 11.3 Å². The summed E-state index contributed by atoms with van der Waals surface area (Å²) in [5.74, 6) is 0.280. The maximum Gasteiger partial charge on any atom is 0.244 e. The molecule has 3 N–H and O–H groups in total. The second-order valence-electron chi connectivity index (χ2n) is 4.19. The fourth-order valence-corrected chi connectivity index (χ4v) is 3.68. The quantitative estimate of drug-likeness (QED) is 0.798. The number of sulfonamides is 1. The van der Waals surface area contributed by atoms with Crippen LogP contribution in [0.3, 0.4) is 0 Å². The summed E-state index contributed by atoms with van der Waals surface area (Å²) in [6.07, 6.45) is 0.646. The average molecular weight is 312 g/mol. The van der Waals surface area contributed by atoms with Crippen LogP contribution in [0.4, 0.5) is 5.69 Å². The first-order chi connectivity index (χ1) is 9.53. The molecule has 5 nitrogen and oxygen atoms in total. The fraction of sp³-hybridized carbons (Fsp3) is 0.231. The Balaban J connectivity index is 2.11. The van der Waals surface area contributed by atoms with Gasteiger partial charge in [-0.1, -0.05) is 0 Å². The number of rotatable bonds is 6. The van der Waals surface area contributed by atoms with E-state index in [4.69, 9.17) is 10.5 Å². The largest absolute Gasteiger partial charge is 0.495 e. The lowest BCUT2D eigenvalue weighted by molar-refractivity contribution is 0.402. The number of hydrogen-bond donors (Lipinski definition) is 2. The molecule has 0 fully saturated rings. The Labute approximate surface area is 122 Å². The summed E-state index contributed by atoms with van der Waals surface area (Å²) >= 11 is 1.59. The molecule has 0 aliphatic carbocycles. The number of nitrogens with one attached hydrogen (secondary N) is 1. The molecule has 0 bridgehead atoms. The van der Waals surface area contributed by atoms with Crippen LogP contribution in [0.5, 0.6) is 5.75 Å². The van der Waals surface area contributed by atoms with Crippen LogP contribution < -0.4 is 15.2 Å². The van der Waals surface area contributed by atoms with E-state index in [0.717, 1.165) is 5.56 Å². The summed E-state index contributed by atoms with van der Waals surface area (Å²) in [4.78, 5) is 0.0605. The van der Waals surface area contributed by atoms with Gasteiger partial charge in [0.15, 0.2) is 0 Å². The Bertz CT molecular complexity index is 667. The van der Waals surface area contributed by atoms with Crippen molar-refractivity contribution in [1.82, 2.24) is 4.72 Å². The van der Waals surface area contributed by atoms with Gasteiger partial charge in [0, 0.05) is 12.2 Å². The van der Waals surface area contributed by atoms with Gasteiger partial charge in [-0.3, -0.25) is 0 Å². The second-order valence-corrected chi connectivity index (χ2v) is 6.71. The van der Waals surface area contributed by atoms with Crippen molar-refractivity contribution in [2.24, 2.45) is 0 Å². The molecule has 0 spiro atoms. The Morgan fingerprint density at radius 1 is 1.35 bits per heavy atom. The van der Waals surface area contributed by atoms with Gasteiger partial charge in [-0.05, 0) is 47.0 Å². The van der Waals surface area contributed by atoms with E-state index < -0.39 is 10.0 Å². The zero-order chi connectivity index (χ0) is 14.6. The predicted molar refractivity (Wildman–Crippen MR) is 80.6 cm³/mol. The smallest absolute Gasteiger partial charge is 0.244 e. The van der Waals surface area contributed by atoms with E-state index in [9.17, 15) is 8.42 Å². The molecule has 1 heterocycles. The van der Waals surface area contributed by atoms with Crippen LogP contribution in [0.25, 0.3) is 0 Å². The molecule has 0 amide bonds. The molecule has 0 saturated heterocycles. The van der Waals surface area contributed by atoms with Crippen molar-refractivity contribution < 1.29 is 13.2 Å². The Hall–Kier alpha value is -1.57. The summed E-state index contributed by atoms with van der Waals surface area (Å²) in [6.45, 7) is 0.330. The van der Waals surface area contributed by atoms with E-state index in [1.807, 2.05) is 16.8 Å². The van der Waals surface area contributed by atoms with Gasteiger partial charge in [0.25, 0.3) is 0 Å². The molecule has 0 aliphatic rings. The first-order valence-electron chi connectivity index (χ1n) is 5.97. The number of benzene rings is 1. The molecule has 1 aromatic carbocycles. The molecular weight excluding hydrogens is 296 g/mol. The number of ether oxygens (including phenoxy) is 1. The summed E-state index contributed by atoms with van der Waals surface area (Å²) < 4.78 is 32.1. The van der Waals surface area contributed by atoms with Crippen molar-refractivity contribution in [3.8, 4) is 5.75 Å². The summed E-state index contributed by atoms with van der Waals surface area (Å²) in [5.41, 5.74) is 7.13. The molecule has 108 valence electrons. The maximum atomic E-state index is 12.2. The summed E-state index contributed by atoms with van der Waals surface area (Å²) in [7, 11) is -2.20. The van der Waals surface area contributed by atoms with Gasteiger partial charge in [-0.25, -0.2) is 13.1 Å². The minimum Gasteiger partial charge on any atom is -0.495 e. The third kappa shape index (κ3) is 3.50. The van der Waals surface area contributed by atoms with Crippen LogP contribution in [-0.2, 0) is 16.4 Å². The van der Waals surface area contributed by atoms with Gasteiger partial charge < -0.3 is 10.5 Å². The second kappa shape index (κ2) is 6.25. The Morgan fingerprint density at radius 2 is 2.15 bits per heavy atom. The summed E-state index contributed by atoms with van der Waals surface area (Å²) in [6, 6.07) is 6.51. The molecule has 0 atom stereocenters. The minimum absolute atomic E-state index is 0.0605. The zero-order valence-corrected chi connectivity index (χ0v) is 12.6. The molecule has 1 aromatic heterocycles. The third-order valence-corrected chi connectivity index (χ3v) is 4.98. The van der Waals surface area contributed by atoms with Crippen LogP contribution in [0.2, 0.25) is 0 Å². The van der Waals surface area contributed by atoms with Gasteiger partial charge in [0.05, 0.1) is 7.11 Å². The van der Waals surface area contributed by atoms with E-state index >= 15 is 0 Å². The number of hydrogen-bond acceptors (Lipinski definition) is 5. The lowest BCUT2D eigenvalue weighted by atomic mass is 10.2. The average Bonchev–Trinajstić information content (AvgIpc) is 2.91. The first kappa shape index (κ1) is 14.8. The topological polar surface area (TPSA) is 81.4 Å². The number of thiophene rings is 1. The molecule has 7 heteroatoms. The lowest BCUT2D eigenvalue weighted by Crippen LogP contribution is -2.26. The summed E-state index contributed by atoms with van der Waals surface area (Å²) in [5, 5.41) is 3.96. The number of nitrogen functional groups attached to an aromatic ring is 1. The molecule has 2 aromatic rings. The number of anilines is 1. The van der Waals surface area contributed by atoms with Crippen LogP contribution in [0.1, 0.15) is 5.56 Å². The first-order valence-corrected chi connectivity index (χ1v) is 8.40. The normalized spacial score (nSPS) is 11.4. The zero-order valence-electron chi connectivity index (χ0n) is 11.0. The molecule has 0 aliphatic heterocycles.